The van der Waals surface area contributed by atoms with Gasteiger partial charge in [-0.3, -0.25) is 9.05 Å². The van der Waals surface area contributed by atoms with E-state index < -0.39 is 19.9 Å². The average Bonchev–Trinajstić information content (AvgIpc) is 3.14. The van der Waals surface area contributed by atoms with Gasteiger partial charge in [0.1, 0.15) is 14.0 Å². The standard InChI is InChI=1S/C19H38BO11P/c1-3-4-24-5-6-25-7-8-26-9-10-27-11-12-28-13-14-29-32(21,22)30-16-18-17(23-2)15-19(20)31-18/h17-19H,3-16H2,1-2H3,(H,21,22). The van der Waals surface area contributed by atoms with Gasteiger partial charge < -0.3 is 38.1 Å². The van der Waals surface area contributed by atoms with E-state index in [-0.39, 0.29) is 25.9 Å². The molecule has 0 aliphatic carbocycles. The maximum absolute atomic E-state index is 11.9. The smallest absolute Gasteiger partial charge is 0.380 e. The third-order valence-electron chi connectivity index (χ3n) is 4.25. The van der Waals surface area contributed by atoms with E-state index in [1.165, 1.54) is 7.11 Å². The SMILES string of the molecule is [B]C1CC(OC)C(COP(=O)(O)OCCOCCOCCOCCOCCOCCC)O1. The predicted octanol–water partition coefficient (Wildman–Crippen LogP) is 0.912. The summed E-state index contributed by atoms with van der Waals surface area (Å²) in [7, 11) is 2.98. The van der Waals surface area contributed by atoms with Crippen LogP contribution in [0.5, 0.6) is 0 Å². The molecule has 0 spiro atoms. The number of hydrogen-bond donors (Lipinski definition) is 1. The van der Waals surface area contributed by atoms with E-state index in [0.29, 0.717) is 59.3 Å². The first-order chi connectivity index (χ1) is 15.5. The zero-order valence-corrected chi connectivity index (χ0v) is 20.1. The predicted molar refractivity (Wildman–Crippen MR) is 116 cm³/mol. The lowest BCUT2D eigenvalue weighted by atomic mass is 9.96. The van der Waals surface area contributed by atoms with Crippen LogP contribution in [-0.4, -0.2) is 117 Å². The minimum absolute atomic E-state index is 0.0981. The molecule has 1 fully saturated rings. The summed E-state index contributed by atoms with van der Waals surface area (Å²) in [6, 6.07) is -0.482. The van der Waals surface area contributed by atoms with Gasteiger partial charge in [-0.2, -0.15) is 0 Å². The van der Waals surface area contributed by atoms with E-state index in [1.54, 1.807) is 0 Å². The van der Waals surface area contributed by atoms with Crippen LogP contribution >= 0.6 is 7.82 Å². The van der Waals surface area contributed by atoms with Crippen molar-refractivity contribution in [1.82, 2.24) is 0 Å². The molecular formula is C19H38BO11P. The zero-order chi connectivity index (χ0) is 23.5. The van der Waals surface area contributed by atoms with Crippen molar-refractivity contribution >= 4 is 15.7 Å². The first kappa shape index (κ1) is 29.9. The fourth-order valence-corrected chi connectivity index (χ4v) is 3.40. The van der Waals surface area contributed by atoms with Crippen molar-refractivity contribution in [3.63, 3.8) is 0 Å². The van der Waals surface area contributed by atoms with Gasteiger partial charge in [0.2, 0.25) is 0 Å². The van der Waals surface area contributed by atoms with E-state index in [9.17, 15) is 9.46 Å². The Kier molecular flexibility index (Phi) is 18.0. The minimum atomic E-state index is -4.21. The second-order valence-electron chi connectivity index (χ2n) is 6.88. The van der Waals surface area contributed by atoms with E-state index in [0.717, 1.165) is 13.0 Å². The van der Waals surface area contributed by atoms with Crippen LogP contribution < -0.4 is 0 Å². The summed E-state index contributed by atoms with van der Waals surface area (Å²) in [5, 5.41) is 0. The Morgan fingerprint density at radius 1 is 0.844 bits per heavy atom. The van der Waals surface area contributed by atoms with Crippen LogP contribution in [-0.2, 0) is 46.8 Å². The molecule has 0 aromatic heterocycles. The van der Waals surface area contributed by atoms with Crippen LogP contribution in [0, 0.1) is 0 Å². The molecule has 0 aromatic rings. The number of phosphoric acid groups is 1. The van der Waals surface area contributed by atoms with Crippen molar-refractivity contribution in [2.75, 3.05) is 86.4 Å². The molecule has 4 atom stereocenters. The molecule has 1 aliphatic rings. The first-order valence-electron chi connectivity index (χ1n) is 10.9. The highest BCUT2D eigenvalue weighted by Gasteiger charge is 2.35. The zero-order valence-electron chi connectivity index (χ0n) is 19.2. The summed E-state index contributed by atoms with van der Waals surface area (Å²) in [5.74, 6) is 0. The van der Waals surface area contributed by atoms with Gasteiger partial charge >= 0.3 is 7.82 Å². The highest BCUT2D eigenvalue weighted by Crippen LogP contribution is 2.43. The maximum Gasteiger partial charge on any atom is 0.472 e. The number of rotatable bonds is 22. The molecule has 0 aromatic carbocycles. The van der Waals surface area contributed by atoms with Gasteiger partial charge in [-0.15, -0.1) is 0 Å². The molecular weight excluding hydrogens is 446 g/mol. The van der Waals surface area contributed by atoms with E-state index >= 15 is 0 Å². The maximum atomic E-state index is 11.9. The quantitative estimate of drug-likeness (QED) is 0.134. The summed E-state index contributed by atoms with van der Waals surface area (Å²) < 4.78 is 58.9. The largest absolute Gasteiger partial charge is 0.472 e. The Morgan fingerprint density at radius 3 is 1.78 bits per heavy atom. The lowest BCUT2D eigenvalue weighted by Gasteiger charge is -2.19. The molecule has 1 saturated heterocycles. The van der Waals surface area contributed by atoms with Crippen LogP contribution in [0.25, 0.3) is 0 Å². The molecule has 0 amide bonds. The van der Waals surface area contributed by atoms with Gasteiger partial charge in [0.25, 0.3) is 0 Å². The van der Waals surface area contributed by atoms with Crippen molar-refractivity contribution in [2.45, 2.75) is 38.0 Å². The lowest BCUT2D eigenvalue weighted by Crippen LogP contribution is -2.28. The van der Waals surface area contributed by atoms with Gasteiger partial charge in [0, 0.05) is 19.7 Å². The Balaban J connectivity index is 1.85. The topological polar surface area (TPSA) is 120 Å². The lowest BCUT2D eigenvalue weighted by molar-refractivity contribution is -0.0253. The van der Waals surface area contributed by atoms with Gasteiger partial charge in [0.15, 0.2) is 0 Å². The molecule has 1 N–H and O–H groups in total. The summed E-state index contributed by atoms with van der Waals surface area (Å²) in [6.45, 7) is 6.47. The van der Waals surface area contributed by atoms with E-state index in [1.807, 2.05) is 0 Å². The fourth-order valence-electron chi connectivity index (χ4n) is 2.69. The normalized spacial score (nSPS) is 22.9. The molecule has 1 aliphatic heterocycles. The highest BCUT2D eigenvalue weighted by atomic mass is 31.2. The highest BCUT2D eigenvalue weighted by molar-refractivity contribution is 7.47. The Labute approximate surface area is 192 Å². The fraction of sp³-hybridized carbons (Fsp3) is 1.00. The summed E-state index contributed by atoms with van der Waals surface area (Å²) in [4.78, 5) is 9.70. The van der Waals surface area contributed by atoms with Crippen LogP contribution in [0.2, 0.25) is 0 Å². The van der Waals surface area contributed by atoms with Crippen LogP contribution in [0.4, 0.5) is 0 Å². The van der Waals surface area contributed by atoms with Gasteiger partial charge in [0.05, 0.1) is 78.8 Å². The Morgan fingerprint density at radius 2 is 1.31 bits per heavy atom. The van der Waals surface area contributed by atoms with Crippen LogP contribution in [0.1, 0.15) is 19.8 Å². The van der Waals surface area contributed by atoms with Crippen molar-refractivity contribution in [3.05, 3.63) is 0 Å². The molecule has 13 heteroatoms. The van der Waals surface area contributed by atoms with Crippen LogP contribution in [0.3, 0.4) is 0 Å². The monoisotopic (exact) mass is 484 g/mol. The molecule has 0 saturated carbocycles. The molecule has 4 unspecified atom stereocenters. The molecule has 1 heterocycles. The number of ether oxygens (including phenoxy) is 7. The Hall–Kier alpha value is -0.105. The number of phosphoric ester groups is 1. The summed E-state index contributed by atoms with van der Waals surface area (Å²) in [5.41, 5.74) is 0. The van der Waals surface area contributed by atoms with Crippen LogP contribution in [0.15, 0.2) is 0 Å². The number of hydrogen-bond acceptors (Lipinski definition) is 10. The van der Waals surface area contributed by atoms with Gasteiger partial charge in [-0.25, -0.2) is 4.57 Å². The van der Waals surface area contributed by atoms with Crippen molar-refractivity contribution < 1.29 is 51.7 Å². The molecule has 11 nitrogen and oxygen atoms in total. The number of methoxy groups -OCH3 is 1. The molecule has 32 heavy (non-hydrogen) atoms. The minimum Gasteiger partial charge on any atom is -0.380 e. The van der Waals surface area contributed by atoms with Crippen molar-refractivity contribution in [1.29, 1.82) is 0 Å². The molecule has 188 valence electrons. The van der Waals surface area contributed by atoms with Crippen molar-refractivity contribution in [3.8, 4) is 0 Å². The third kappa shape index (κ3) is 15.7. The van der Waals surface area contributed by atoms with Gasteiger partial charge in [-0.1, -0.05) is 6.92 Å². The third-order valence-corrected chi connectivity index (χ3v) is 5.24. The molecule has 1 rings (SSSR count). The summed E-state index contributed by atoms with van der Waals surface area (Å²) in [6.07, 6.45) is 0.688. The second kappa shape index (κ2) is 19.2. The first-order valence-corrected chi connectivity index (χ1v) is 12.4. The summed E-state index contributed by atoms with van der Waals surface area (Å²) >= 11 is 0. The van der Waals surface area contributed by atoms with Crippen molar-refractivity contribution in [2.24, 2.45) is 0 Å². The Bertz CT molecular complexity index is 488. The second-order valence-corrected chi connectivity index (χ2v) is 8.34. The van der Waals surface area contributed by atoms with E-state index in [4.69, 9.17) is 50.1 Å². The molecule has 0 bridgehead atoms. The van der Waals surface area contributed by atoms with Gasteiger partial charge in [-0.05, 0) is 12.8 Å². The molecule has 2 radical (unpaired) electrons. The van der Waals surface area contributed by atoms with E-state index in [2.05, 4.69) is 6.92 Å². The average molecular weight is 484 g/mol.